The predicted molar refractivity (Wildman–Crippen MR) is 92.5 cm³/mol. The van der Waals surface area contributed by atoms with Crippen LogP contribution in [0.1, 0.15) is 34.5 Å². The molecule has 126 valence electrons. The van der Waals surface area contributed by atoms with Gasteiger partial charge < -0.3 is 20.1 Å². The number of rotatable bonds is 6. The smallest absolute Gasteiger partial charge is 0.251 e. The first kappa shape index (κ1) is 16.3. The zero-order chi connectivity index (χ0) is 16.9. The molecule has 0 fully saturated rings. The summed E-state index contributed by atoms with van der Waals surface area (Å²) in [6.45, 7) is 3.24. The third-order valence-corrected chi connectivity index (χ3v) is 4.18. The van der Waals surface area contributed by atoms with E-state index in [0.717, 1.165) is 30.0 Å². The average Bonchev–Trinajstić information content (AvgIpc) is 3.09. The normalized spacial score (nSPS) is 13.6. The van der Waals surface area contributed by atoms with Crippen molar-refractivity contribution in [2.75, 3.05) is 20.4 Å². The highest BCUT2D eigenvalue weighted by Gasteiger charge is 2.15. The Balaban J connectivity index is 1.55. The van der Waals surface area contributed by atoms with Crippen molar-refractivity contribution in [2.24, 2.45) is 0 Å². The van der Waals surface area contributed by atoms with E-state index in [-0.39, 0.29) is 11.9 Å². The van der Waals surface area contributed by atoms with Crippen molar-refractivity contribution in [1.82, 2.24) is 10.6 Å². The van der Waals surface area contributed by atoms with E-state index < -0.39 is 0 Å². The summed E-state index contributed by atoms with van der Waals surface area (Å²) in [7, 11) is 1.64. The van der Waals surface area contributed by atoms with Gasteiger partial charge in [0.1, 0.15) is 0 Å². The summed E-state index contributed by atoms with van der Waals surface area (Å²) in [5.41, 5.74) is 3.00. The maximum atomic E-state index is 11.7. The van der Waals surface area contributed by atoms with Gasteiger partial charge in [0.05, 0.1) is 0 Å². The van der Waals surface area contributed by atoms with Crippen LogP contribution in [0.2, 0.25) is 0 Å². The molecule has 1 aliphatic rings. The van der Waals surface area contributed by atoms with Crippen molar-refractivity contribution in [3.63, 3.8) is 0 Å². The Morgan fingerprint density at radius 1 is 1.17 bits per heavy atom. The molecule has 1 atom stereocenters. The monoisotopic (exact) mass is 326 g/mol. The first-order valence-electron chi connectivity index (χ1n) is 8.11. The van der Waals surface area contributed by atoms with Gasteiger partial charge >= 0.3 is 0 Å². The second-order valence-corrected chi connectivity index (χ2v) is 5.82. The van der Waals surface area contributed by atoms with E-state index in [9.17, 15) is 4.79 Å². The van der Waals surface area contributed by atoms with Crippen LogP contribution < -0.4 is 20.1 Å². The average molecular weight is 326 g/mol. The fourth-order valence-corrected chi connectivity index (χ4v) is 2.75. The van der Waals surface area contributed by atoms with Crippen LogP contribution in [0.3, 0.4) is 0 Å². The van der Waals surface area contributed by atoms with Gasteiger partial charge in [-0.3, -0.25) is 4.79 Å². The van der Waals surface area contributed by atoms with E-state index in [1.54, 1.807) is 7.05 Å². The van der Waals surface area contributed by atoms with E-state index in [0.29, 0.717) is 12.4 Å². The van der Waals surface area contributed by atoms with Gasteiger partial charge in [-0.1, -0.05) is 18.2 Å². The molecule has 2 N–H and O–H groups in total. The third-order valence-electron chi connectivity index (χ3n) is 4.18. The second kappa shape index (κ2) is 7.36. The van der Waals surface area contributed by atoms with E-state index >= 15 is 0 Å². The Labute approximate surface area is 142 Å². The Morgan fingerprint density at radius 2 is 2.00 bits per heavy atom. The number of carbonyl (C=O) groups is 1. The molecule has 0 saturated carbocycles. The number of fused-ring (bicyclic) bond motifs is 1. The van der Waals surface area contributed by atoms with Crippen molar-refractivity contribution in [1.29, 1.82) is 0 Å². The maximum absolute atomic E-state index is 11.7. The van der Waals surface area contributed by atoms with Crippen molar-refractivity contribution in [3.8, 4) is 11.5 Å². The SMILES string of the molecule is CNC(=O)c1cccc(CCNC(C)c2ccc3c(c2)OCO3)c1. The molecule has 2 aromatic carbocycles. The zero-order valence-corrected chi connectivity index (χ0v) is 14.0. The first-order chi connectivity index (χ1) is 11.7. The van der Waals surface area contributed by atoms with Gasteiger partial charge in [0, 0.05) is 18.7 Å². The number of hydrogen-bond donors (Lipinski definition) is 2. The number of carbonyl (C=O) groups excluding carboxylic acids is 1. The molecule has 1 amide bonds. The number of nitrogens with one attached hydrogen (secondary N) is 2. The summed E-state index contributed by atoms with van der Waals surface area (Å²) in [5.74, 6) is 1.55. The van der Waals surface area contributed by atoms with E-state index in [1.165, 1.54) is 5.56 Å². The molecule has 0 radical (unpaired) electrons. The van der Waals surface area contributed by atoms with Gasteiger partial charge in [-0.05, 0) is 55.3 Å². The summed E-state index contributed by atoms with van der Waals surface area (Å²) in [4.78, 5) is 11.7. The number of hydrogen-bond acceptors (Lipinski definition) is 4. The number of amides is 1. The number of benzene rings is 2. The maximum Gasteiger partial charge on any atom is 0.251 e. The lowest BCUT2D eigenvalue weighted by Crippen LogP contribution is -2.22. The Hall–Kier alpha value is -2.53. The number of ether oxygens (including phenoxy) is 2. The van der Waals surface area contributed by atoms with Crippen LogP contribution in [-0.2, 0) is 6.42 Å². The molecule has 3 rings (SSSR count). The van der Waals surface area contributed by atoms with Gasteiger partial charge in [-0.15, -0.1) is 0 Å². The molecule has 24 heavy (non-hydrogen) atoms. The van der Waals surface area contributed by atoms with Crippen LogP contribution in [0.15, 0.2) is 42.5 Å². The summed E-state index contributed by atoms with van der Waals surface area (Å²) in [6.07, 6.45) is 0.861. The van der Waals surface area contributed by atoms with E-state index in [2.05, 4.69) is 23.6 Å². The molecule has 1 unspecified atom stereocenters. The first-order valence-corrected chi connectivity index (χ1v) is 8.11. The molecule has 5 heteroatoms. The Morgan fingerprint density at radius 3 is 2.83 bits per heavy atom. The summed E-state index contributed by atoms with van der Waals surface area (Å²) >= 11 is 0. The van der Waals surface area contributed by atoms with Crippen molar-refractivity contribution in [2.45, 2.75) is 19.4 Å². The minimum absolute atomic E-state index is 0.0569. The van der Waals surface area contributed by atoms with Crippen LogP contribution in [0.25, 0.3) is 0 Å². The predicted octanol–water partition coefficient (Wildman–Crippen LogP) is 2.67. The van der Waals surface area contributed by atoms with Crippen LogP contribution in [0.5, 0.6) is 11.5 Å². The second-order valence-electron chi connectivity index (χ2n) is 5.82. The highest BCUT2D eigenvalue weighted by Crippen LogP contribution is 2.34. The molecule has 2 aromatic rings. The van der Waals surface area contributed by atoms with Crippen molar-refractivity contribution >= 4 is 5.91 Å². The third kappa shape index (κ3) is 3.68. The summed E-state index contributed by atoms with van der Waals surface area (Å²) < 4.78 is 10.8. The fourth-order valence-electron chi connectivity index (χ4n) is 2.75. The highest BCUT2D eigenvalue weighted by atomic mass is 16.7. The highest BCUT2D eigenvalue weighted by molar-refractivity contribution is 5.94. The molecular weight excluding hydrogens is 304 g/mol. The van der Waals surface area contributed by atoms with Crippen molar-refractivity contribution < 1.29 is 14.3 Å². The largest absolute Gasteiger partial charge is 0.454 e. The standard InChI is InChI=1S/C19H22N2O3/c1-13(15-6-7-17-18(11-15)24-12-23-17)21-9-8-14-4-3-5-16(10-14)19(22)20-2/h3-7,10-11,13,21H,8-9,12H2,1-2H3,(H,20,22). The molecule has 1 aliphatic heterocycles. The Kier molecular flexibility index (Phi) is 5.01. The van der Waals surface area contributed by atoms with Crippen molar-refractivity contribution in [3.05, 3.63) is 59.2 Å². The van der Waals surface area contributed by atoms with Gasteiger partial charge in [-0.2, -0.15) is 0 Å². The van der Waals surface area contributed by atoms with Gasteiger partial charge in [0.15, 0.2) is 11.5 Å². The molecule has 1 heterocycles. The van der Waals surface area contributed by atoms with Gasteiger partial charge in [-0.25, -0.2) is 0 Å². The molecule has 0 spiro atoms. The van der Waals surface area contributed by atoms with Crippen LogP contribution in [0, 0.1) is 0 Å². The van der Waals surface area contributed by atoms with Crippen LogP contribution in [0.4, 0.5) is 0 Å². The minimum Gasteiger partial charge on any atom is -0.454 e. The van der Waals surface area contributed by atoms with Gasteiger partial charge in [0.25, 0.3) is 5.91 Å². The fraction of sp³-hybridized carbons (Fsp3) is 0.316. The molecular formula is C19H22N2O3. The van der Waals surface area contributed by atoms with E-state index in [1.807, 2.05) is 36.4 Å². The molecule has 0 aromatic heterocycles. The molecule has 5 nitrogen and oxygen atoms in total. The quantitative estimate of drug-likeness (QED) is 0.857. The van der Waals surface area contributed by atoms with Crippen LogP contribution in [-0.4, -0.2) is 26.3 Å². The lowest BCUT2D eigenvalue weighted by molar-refractivity contribution is 0.0963. The zero-order valence-electron chi connectivity index (χ0n) is 14.0. The molecule has 0 saturated heterocycles. The Bertz CT molecular complexity index is 730. The topological polar surface area (TPSA) is 59.6 Å². The summed E-state index contributed by atoms with van der Waals surface area (Å²) in [6, 6.07) is 13.9. The van der Waals surface area contributed by atoms with Gasteiger partial charge in [0.2, 0.25) is 6.79 Å². The summed E-state index contributed by atoms with van der Waals surface area (Å²) in [5, 5.41) is 6.15. The lowest BCUT2D eigenvalue weighted by Gasteiger charge is -2.15. The van der Waals surface area contributed by atoms with Crippen LogP contribution >= 0.6 is 0 Å². The molecule has 0 aliphatic carbocycles. The molecule has 0 bridgehead atoms. The van der Waals surface area contributed by atoms with E-state index in [4.69, 9.17) is 9.47 Å². The lowest BCUT2D eigenvalue weighted by atomic mass is 10.1. The minimum atomic E-state index is -0.0569.